The van der Waals surface area contributed by atoms with Crippen molar-refractivity contribution in [2.45, 2.75) is 19.4 Å². The van der Waals surface area contributed by atoms with E-state index in [1.54, 1.807) is 0 Å². The van der Waals surface area contributed by atoms with Gasteiger partial charge >= 0.3 is 0 Å². The summed E-state index contributed by atoms with van der Waals surface area (Å²) < 4.78 is 7.23. The number of nitrogens with one attached hydrogen (secondary N) is 1. The number of hydrogen-bond donors (Lipinski definition) is 1. The van der Waals surface area contributed by atoms with Gasteiger partial charge in [0.2, 0.25) is 11.7 Å². The topological polar surface area (TPSA) is 73.0 Å². The van der Waals surface area contributed by atoms with Gasteiger partial charge in [-0.2, -0.15) is 4.98 Å². The van der Waals surface area contributed by atoms with Crippen molar-refractivity contribution in [1.29, 1.82) is 0 Å². The molecule has 0 spiro atoms. The van der Waals surface area contributed by atoms with E-state index in [0.29, 0.717) is 18.3 Å². The average Bonchev–Trinajstić information content (AvgIpc) is 3.42. The molecule has 6 heteroatoms. The molecule has 0 aliphatic heterocycles. The van der Waals surface area contributed by atoms with Crippen molar-refractivity contribution in [2.75, 3.05) is 6.54 Å². The molecule has 0 radical (unpaired) electrons. The quantitative estimate of drug-likeness (QED) is 0.465. The summed E-state index contributed by atoms with van der Waals surface area (Å²) in [7, 11) is 0. The van der Waals surface area contributed by atoms with E-state index >= 15 is 0 Å². The van der Waals surface area contributed by atoms with Crippen LogP contribution in [0.4, 0.5) is 0 Å². The minimum atomic E-state index is -0.0432. The van der Waals surface area contributed by atoms with Gasteiger partial charge in [-0.05, 0) is 30.5 Å². The number of aryl methyl sites for hydroxylation is 1. The molecule has 1 N–H and O–H groups in total. The van der Waals surface area contributed by atoms with Gasteiger partial charge in [-0.1, -0.05) is 65.8 Å². The van der Waals surface area contributed by atoms with Crippen LogP contribution >= 0.6 is 0 Å². The van der Waals surface area contributed by atoms with Crippen LogP contribution in [0.5, 0.6) is 0 Å². The molecule has 0 saturated carbocycles. The molecule has 4 aromatic rings. The molecule has 0 aliphatic carbocycles. The van der Waals surface area contributed by atoms with Crippen LogP contribution in [0.15, 0.2) is 83.5 Å². The maximum absolute atomic E-state index is 12.3. The number of nitrogens with zero attached hydrogens (tertiary/aromatic N) is 3. The molecule has 0 bridgehead atoms. The standard InChI is InChI=1S/C23H22N4O2/c28-21(24-15-7-11-18-9-3-1-4-10-18)17-27-16-8-14-20(27)23-25-22(26-29-23)19-12-5-2-6-13-19/h1-6,8-10,12-14,16H,7,11,15,17H2,(H,24,28). The Hall–Kier alpha value is -3.67. The van der Waals surface area contributed by atoms with E-state index in [9.17, 15) is 4.79 Å². The summed E-state index contributed by atoms with van der Waals surface area (Å²) in [6.45, 7) is 0.847. The molecule has 4 rings (SSSR count). The highest BCUT2D eigenvalue weighted by atomic mass is 16.5. The molecule has 0 unspecified atom stereocenters. The second kappa shape index (κ2) is 9.01. The van der Waals surface area contributed by atoms with Crippen molar-refractivity contribution < 1.29 is 9.32 Å². The first-order valence-electron chi connectivity index (χ1n) is 9.65. The van der Waals surface area contributed by atoms with Crippen LogP contribution in [0.25, 0.3) is 23.0 Å². The number of carbonyl (C=O) groups is 1. The largest absolute Gasteiger partial charge is 0.355 e. The zero-order chi connectivity index (χ0) is 19.9. The average molecular weight is 386 g/mol. The predicted molar refractivity (Wildman–Crippen MR) is 111 cm³/mol. The molecular formula is C23H22N4O2. The van der Waals surface area contributed by atoms with Gasteiger partial charge in [0, 0.05) is 18.3 Å². The van der Waals surface area contributed by atoms with E-state index in [2.05, 4.69) is 27.6 Å². The monoisotopic (exact) mass is 386 g/mol. The molecule has 0 atom stereocenters. The lowest BCUT2D eigenvalue weighted by atomic mass is 10.1. The fourth-order valence-electron chi connectivity index (χ4n) is 3.15. The number of amides is 1. The van der Waals surface area contributed by atoms with Gasteiger partial charge in [-0.3, -0.25) is 4.79 Å². The van der Waals surface area contributed by atoms with Crippen LogP contribution in [-0.2, 0) is 17.8 Å². The van der Waals surface area contributed by atoms with Gasteiger partial charge in [-0.15, -0.1) is 0 Å². The Labute approximate surface area is 169 Å². The summed E-state index contributed by atoms with van der Waals surface area (Å²) in [6.07, 6.45) is 3.68. The lowest BCUT2D eigenvalue weighted by Gasteiger charge is -2.08. The van der Waals surface area contributed by atoms with Gasteiger partial charge in [0.1, 0.15) is 12.2 Å². The normalized spacial score (nSPS) is 10.8. The third-order valence-electron chi connectivity index (χ3n) is 4.63. The van der Waals surface area contributed by atoms with E-state index < -0.39 is 0 Å². The minimum Gasteiger partial charge on any atom is -0.355 e. The second-order valence-electron chi connectivity index (χ2n) is 6.75. The maximum Gasteiger partial charge on any atom is 0.274 e. The summed E-state index contributed by atoms with van der Waals surface area (Å²) in [5.41, 5.74) is 2.89. The highest BCUT2D eigenvalue weighted by Gasteiger charge is 2.15. The number of hydrogen-bond acceptors (Lipinski definition) is 4. The van der Waals surface area contributed by atoms with Crippen molar-refractivity contribution >= 4 is 5.91 Å². The molecule has 2 aromatic carbocycles. The predicted octanol–water partition coefficient (Wildman–Crippen LogP) is 3.95. The van der Waals surface area contributed by atoms with E-state index in [0.717, 1.165) is 24.1 Å². The third-order valence-corrected chi connectivity index (χ3v) is 4.63. The molecule has 2 aromatic heterocycles. The molecule has 6 nitrogen and oxygen atoms in total. The molecule has 0 aliphatic rings. The van der Waals surface area contributed by atoms with E-state index in [4.69, 9.17) is 4.52 Å². The SMILES string of the molecule is O=C(Cn1cccc1-c1nc(-c2ccccc2)no1)NCCCc1ccccc1. The minimum absolute atomic E-state index is 0.0432. The summed E-state index contributed by atoms with van der Waals surface area (Å²) in [6, 6.07) is 23.6. The molecular weight excluding hydrogens is 364 g/mol. The number of rotatable bonds is 8. The van der Waals surface area contributed by atoms with Gasteiger partial charge < -0.3 is 14.4 Å². The lowest BCUT2D eigenvalue weighted by molar-refractivity contribution is -0.121. The molecule has 2 heterocycles. The van der Waals surface area contributed by atoms with E-state index in [1.807, 2.05) is 71.4 Å². The zero-order valence-corrected chi connectivity index (χ0v) is 16.0. The molecule has 146 valence electrons. The Morgan fingerprint density at radius 2 is 1.72 bits per heavy atom. The van der Waals surface area contributed by atoms with Crippen molar-refractivity contribution in [2.24, 2.45) is 0 Å². The first-order chi connectivity index (χ1) is 14.3. The maximum atomic E-state index is 12.3. The summed E-state index contributed by atoms with van der Waals surface area (Å²) in [5, 5.41) is 7.03. The van der Waals surface area contributed by atoms with Gasteiger partial charge in [0.15, 0.2) is 0 Å². The summed E-state index contributed by atoms with van der Waals surface area (Å²) >= 11 is 0. The first kappa shape index (κ1) is 18.7. The molecule has 0 saturated heterocycles. The zero-order valence-electron chi connectivity index (χ0n) is 16.0. The lowest BCUT2D eigenvalue weighted by Crippen LogP contribution is -2.28. The smallest absolute Gasteiger partial charge is 0.274 e. The van der Waals surface area contributed by atoms with Crippen molar-refractivity contribution in [1.82, 2.24) is 20.0 Å². The van der Waals surface area contributed by atoms with Crippen molar-refractivity contribution in [3.63, 3.8) is 0 Å². The Bertz CT molecular complexity index is 1050. The van der Waals surface area contributed by atoms with Crippen LogP contribution in [0, 0.1) is 0 Å². The van der Waals surface area contributed by atoms with Crippen LogP contribution < -0.4 is 5.32 Å². The summed E-state index contributed by atoms with van der Waals surface area (Å²) in [4.78, 5) is 16.8. The molecule has 29 heavy (non-hydrogen) atoms. The third kappa shape index (κ3) is 4.79. The second-order valence-corrected chi connectivity index (χ2v) is 6.75. The number of benzene rings is 2. The van der Waals surface area contributed by atoms with E-state index in [-0.39, 0.29) is 12.5 Å². The van der Waals surface area contributed by atoms with Crippen LogP contribution in [-0.4, -0.2) is 27.2 Å². The van der Waals surface area contributed by atoms with Crippen molar-refractivity contribution in [3.8, 4) is 23.0 Å². The number of aromatic nitrogens is 3. The van der Waals surface area contributed by atoms with E-state index in [1.165, 1.54) is 5.56 Å². The Balaban J connectivity index is 1.33. The highest BCUT2D eigenvalue weighted by molar-refractivity contribution is 5.76. The van der Waals surface area contributed by atoms with Gasteiger partial charge in [-0.25, -0.2) is 0 Å². The molecule has 0 fully saturated rings. The van der Waals surface area contributed by atoms with Gasteiger partial charge in [0.25, 0.3) is 5.89 Å². The molecule has 1 amide bonds. The number of carbonyl (C=O) groups excluding carboxylic acids is 1. The Kier molecular flexibility index (Phi) is 5.81. The van der Waals surface area contributed by atoms with Gasteiger partial charge in [0.05, 0.1) is 0 Å². The first-order valence-corrected chi connectivity index (χ1v) is 9.65. The van der Waals surface area contributed by atoms with Crippen LogP contribution in [0.3, 0.4) is 0 Å². The fraction of sp³-hybridized carbons (Fsp3) is 0.174. The van der Waals surface area contributed by atoms with Crippen LogP contribution in [0.2, 0.25) is 0 Å². The van der Waals surface area contributed by atoms with Crippen LogP contribution in [0.1, 0.15) is 12.0 Å². The Morgan fingerprint density at radius 3 is 2.52 bits per heavy atom. The highest BCUT2D eigenvalue weighted by Crippen LogP contribution is 2.22. The Morgan fingerprint density at radius 1 is 0.966 bits per heavy atom. The fourth-order valence-corrected chi connectivity index (χ4v) is 3.15. The summed E-state index contributed by atoms with van der Waals surface area (Å²) in [5.74, 6) is 0.878. The van der Waals surface area contributed by atoms with Crippen molar-refractivity contribution in [3.05, 3.63) is 84.6 Å².